The molecule has 1 atom stereocenters. The van der Waals surface area contributed by atoms with Crippen molar-refractivity contribution >= 4 is 17.8 Å². The van der Waals surface area contributed by atoms with Gasteiger partial charge in [-0.1, -0.05) is 0 Å². The molecule has 17 heavy (non-hydrogen) atoms. The van der Waals surface area contributed by atoms with Gasteiger partial charge in [0.25, 0.3) is 0 Å². The van der Waals surface area contributed by atoms with Gasteiger partial charge in [-0.05, 0) is 25.4 Å². The molecule has 0 aromatic rings. The summed E-state index contributed by atoms with van der Waals surface area (Å²) in [5.41, 5.74) is 4.93. The van der Waals surface area contributed by atoms with Gasteiger partial charge in [-0.15, -0.1) is 0 Å². The molecule has 1 fully saturated rings. The van der Waals surface area contributed by atoms with E-state index >= 15 is 0 Å². The lowest BCUT2D eigenvalue weighted by Gasteiger charge is -2.26. The second kappa shape index (κ2) is 6.19. The molecule has 0 saturated carbocycles. The van der Waals surface area contributed by atoms with Crippen LogP contribution in [0, 0.1) is 5.92 Å². The highest BCUT2D eigenvalue weighted by molar-refractivity contribution is 5.84. The molecule has 96 valence electrons. The summed E-state index contributed by atoms with van der Waals surface area (Å²) in [6.45, 7) is 1.57. The summed E-state index contributed by atoms with van der Waals surface area (Å²) in [5, 5.41) is 14.3. The van der Waals surface area contributed by atoms with Crippen molar-refractivity contribution in [1.29, 1.82) is 0 Å². The number of carboxylic acids is 1. The second-order valence-electron chi connectivity index (χ2n) is 4.19. The highest BCUT2D eigenvalue weighted by Crippen LogP contribution is 2.08. The molecule has 2 amide bonds. The quantitative estimate of drug-likeness (QED) is 0.430. The van der Waals surface area contributed by atoms with Crippen LogP contribution in [0.3, 0.4) is 0 Å². The molecule has 1 aliphatic heterocycles. The fourth-order valence-corrected chi connectivity index (χ4v) is 1.55. The predicted molar refractivity (Wildman–Crippen MR) is 59.0 cm³/mol. The van der Waals surface area contributed by atoms with Crippen molar-refractivity contribution in [2.24, 2.45) is 11.7 Å². The van der Waals surface area contributed by atoms with Crippen LogP contribution in [0.15, 0.2) is 0 Å². The Morgan fingerprint density at radius 2 is 2.06 bits per heavy atom. The van der Waals surface area contributed by atoms with Crippen LogP contribution in [-0.2, 0) is 14.4 Å². The molecule has 0 spiro atoms. The number of carbonyl (C=O) groups excluding carboxylic acids is 2. The Labute approximate surface area is 98.7 Å². The Bertz CT molecular complexity index is 315. The van der Waals surface area contributed by atoms with E-state index in [-0.39, 0.29) is 24.7 Å². The largest absolute Gasteiger partial charge is 0.480 e. The number of carbonyl (C=O) groups is 3. The van der Waals surface area contributed by atoms with Crippen LogP contribution in [0.1, 0.15) is 19.3 Å². The van der Waals surface area contributed by atoms with E-state index in [0.717, 1.165) is 13.1 Å². The lowest BCUT2D eigenvalue weighted by atomic mass is 9.98. The molecule has 0 bridgehead atoms. The van der Waals surface area contributed by atoms with E-state index in [0.29, 0.717) is 6.42 Å². The molecule has 1 aliphatic rings. The minimum absolute atomic E-state index is 0.0271. The summed E-state index contributed by atoms with van der Waals surface area (Å²) in [7, 11) is 0. The maximum Gasteiger partial charge on any atom is 0.326 e. The summed E-state index contributed by atoms with van der Waals surface area (Å²) in [4.78, 5) is 32.9. The molecule has 0 radical (unpaired) electrons. The van der Waals surface area contributed by atoms with Crippen molar-refractivity contribution < 1.29 is 19.5 Å². The van der Waals surface area contributed by atoms with Crippen LogP contribution >= 0.6 is 0 Å². The van der Waals surface area contributed by atoms with Crippen molar-refractivity contribution in [2.75, 3.05) is 13.1 Å². The van der Waals surface area contributed by atoms with Crippen LogP contribution in [0.4, 0.5) is 0 Å². The zero-order valence-corrected chi connectivity index (χ0v) is 9.44. The summed E-state index contributed by atoms with van der Waals surface area (Å²) < 4.78 is 0. The lowest BCUT2D eigenvalue weighted by Crippen LogP contribution is -2.47. The number of nitrogens with two attached hydrogens (primary N) is 1. The van der Waals surface area contributed by atoms with Gasteiger partial charge in [-0.3, -0.25) is 9.59 Å². The van der Waals surface area contributed by atoms with Gasteiger partial charge >= 0.3 is 5.97 Å². The number of aliphatic carboxylic acids is 1. The molecular weight excluding hydrogens is 226 g/mol. The first kappa shape index (κ1) is 13.4. The van der Waals surface area contributed by atoms with Crippen molar-refractivity contribution in [1.82, 2.24) is 10.6 Å². The summed E-state index contributed by atoms with van der Waals surface area (Å²) in [5.74, 6) is -1.74. The molecule has 0 aromatic carbocycles. The Kier molecular flexibility index (Phi) is 4.89. The van der Waals surface area contributed by atoms with Gasteiger partial charge in [-0.2, -0.15) is 0 Å². The van der Waals surface area contributed by atoms with E-state index < -0.39 is 17.9 Å². The summed E-state index contributed by atoms with van der Waals surface area (Å²) in [6.07, 6.45) is 0.287. The Morgan fingerprint density at radius 3 is 2.47 bits per heavy atom. The van der Waals surface area contributed by atoms with Crippen molar-refractivity contribution in [3.8, 4) is 0 Å². The van der Waals surface area contributed by atoms with Crippen LogP contribution in [0.2, 0.25) is 0 Å². The van der Waals surface area contributed by atoms with E-state index in [1.807, 2.05) is 0 Å². The van der Waals surface area contributed by atoms with Gasteiger partial charge in [0.05, 0.1) is 0 Å². The highest BCUT2D eigenvalue weighted by Gasteiger charge is 2.24. The fraction of sp³-hybridized carbons (Fsp3) is 0.700. The first-order chi connectivity index (χ1) is 7.99. The molecular formula is C10H17N3O4. The third-order valence-electron chi connectivity index (χ3n) is 2.65. The topological polar surface area (TPSA) is 122 Å². The summed E-state index contributed by atoms with van der Waals surface area (Å²) >= 11 is 0. The monoisotopic (exact) mass is 243 g/mol. The lowest BCUT2D eigenvalue weighted by molar-refractivity contribution is -0.142. The predicted octanol–water partition coefficient (Wildman–Crippen LogP) is -1.57. The number of carboxylic acid groups (broad SMARTS) is 1. The van der Waals surface area contributed by atoms with Gasteiger partial charge in [0.2, 0.25) is 11.8 Å². The molecule has 0 unspecified atom stereocenters. The van der Waals surface area contributed by atoms with Gasteiger partial charge in [0, 0.05) is 12.8 Å². The second-order valence-corrected chi connectivity index (χ2v) is 4.19. The first-order valence-corrected chi connectivity index (χ1v) is 5.50. The Morgan fingerprint density at radius 1 is 1.41 bits per heavy atom. The Hall–Kier alpha value is -1.63. The van der Waals surface area contributed by atoms with E-state index in [1.165, 1.54) is 0 Å². The van der Waals surface area contributed by atoms with E-state index in [1.54, 1.807) is 0 Å². The summed E-state index contributed by atoms with van der Waals surface area (Å²) in [6, 6.07) is -1.04. The average molecular weight is 243 g/mol. The number of nitrogens with one attached hydrogen (secondary N) is 2. The maximum atomic E-state index is 11.5. The van der Waals surface area contributed by atoms with Crippen LogP contribution in [-0.4, -0.2) is 42.0 Å². The molecule has 7 nitrogen and oxygen atoms in total. The zero-order valence-electron chi connectivity index (χ0n) is 9.44. The number of primary amides is 1. The van der Waals surface area contributed by atoms with Crippen LogP contribution in [0.25, 0.3) is 0 Å². The molecule has 0 aliphatic carbocycles. The number of hydrogen-bond acceptors (Lipinski definition) is 4. The van der Waals surface area contributed by atoms with Crippen LogP contribution < -0.4 is 16.4 Å². The molecule has 1 saturated heterocycles. The van der Waals surface area contributed by atoms with Gasteiger partial charge in [-0.25, -0.2) is 4.79 Å². The number of hydrogen-bond donors (Lipinski definition) is 4. The minimum Gasteiger partial charge on any atom is -0.480 e. The minimum atomic E-state index is -1.15. The normalized spacial score (nSPS) is 16.9. The standard InChI is InChI=1S/C10H17N3O4/c11-8(14)2-1-7(10(16)17)13-9(15)3-6-4-12-5-6/h6-7,12H,1-5H2,(H2,11,14)(H,13,15)(H,16,17)/t7-/m0/s1. The van der Waals surface area contributed by atoms with Crippen LogP contribution in [0.5, 0.6) is 0 Å². The third-order valence-corrected chi connectivity index (χ3v) is 2.65. The molecule has 5 N–H and O–H groups in total. The zero-order chi connectivity index (χ0) is 12.8. The van der Waals surface area contributed by atoms with E-state index in [2.05, 4.69) is 10.6 Å². The first-order valence-electron chi connectivity index (χ1n) is 5.50. The highest BCUT2D eigenvalue weighted by atomic mass is 16.4. The molecule has 7 heteroatoms. The molecule has 0 aromatic heterocycles. The van der Waals surface area contributed by atoms with Gasteiger partial charge < -0.3 is 21.5 Å². The Balaban J connectivity index is 2.33. The smallest absolute Gasteiger partial charge is 0.326 e. The molecule has 1 rings (SSSR count). The van der Waals surface area contributed by atoms with E-state index in [4.69, 9.17) is 10.8 Å². The van der Waals surface area contributed by atoms with Crippen molar-refractivity contribution in [2.45, 2.75) is 25.3 Å². The SMILES string of the molecule is NC(=O)CC[C@H](NC(=O)CC1CNC1)C(=O)O. The van der Waals surface area contributed by atoms with E-state index in [9.17, 15) is 14.4 Å². The van der Waals surface area contributed by atoms with Crippen molar-refractivity contribution in [3.05, 3.63) is 0 Å². The number of rotatable bonds is 7. The van der Waals surface area contributed by atoms with Crippen molar-refractivity contribution in [3.63, 3.8) is 0 Å². The van der Waals surface area contributed by atoms with Gasteiger partial charge in [0.1, 0.15) is 6.04 Å². The average Bonchev–Trinajstić information content (AvgIpc) is 2.17. The fourth-order valence-electron chi connectivity index (χ4n) is 1.55. The number of amides is 2. The molecule has 1 heterocycles. The third kappa shape index (κ3) is 4.81. The van der Waals surface area contributed by atoms with Gasteiger partial charge in [0.15, 0.2) is 0 Å². The maximum absolute atomic E-state index is 11.5.